The molecule has 1 saturated carbocycles. The largest absolute Gasteiger partial charge is 0.345 e. The van der Waals surface area contributed by atoms with Crippen LogP contribution in [0.25, 0.3) is 0 Å². The number of nitrogens with one attached hydrogen (secondary N) is 2. The number of rotatable bonds is 7. The summed E-state index contributed by atoms with van der Waals surface area (Å²) in [6.07, 6.45) is 6.10. The average molecular weight is 476 g/mol. The van der Waals surface area contributed by atoms with Gasteiger partial charge in [0.1, 0.15) is 5.54 Å². The first-order chi connectivity index (χ1) is 15.7. The monoisotopic (exact) mass is 475 g/mol. The standard InChI is InChI=1S/C23H30ClN5O4/c1-15(30)27-23(12-6-4-5-7-13-23)22-26-20(33-28-22)11-10-19(31)25-16-8-9-17(18(24)14-16)21(32)29(2)3/h8-9,14H,4-7,10-13H2,1-3H3,(H,25,31)(H,27,30). The van der Waals surface area contributed by atoms with E-state index >= 15 is 0 Å². The molecule has 1 heterocycles. The van der Waals surface area contributed by atoms with Crippen molar-refractivity contribution in [2.45, 2.75) is 63.8 Å². The Morgan fingerprint density at radius 2 is 1.85 bits per heavy atom. The molecular formula is C23H30ClN5O4. The van der Waals surface area contributed by atoms with E-state index < -0.39 is 5.54 Å². The quantitative estimate of drug-likeness (QED) is 0.590. The molecule has 0 spiro atoms. The van der Waals surface area contributed by atoms with Crippen molar-refractivity contribution >= 4 is 35.0 Å². The van der Waals surface area contributed by atoms with Gasteiger partial charge in [-0.25, -0.2) is 0 Å². The molecule has 1 fully saturated rings. The third-order valence-electron chi connectivity index (χ3n) is 5.72. The molecule has 10 heteroatoms. The Bertz CT molecular complexity index is 1010. The topological polar surface area (TPSA) is 117 Å². The van der Waals surface area contributed by atoms with E-state index in [9.17, 15) is 14.4 Å². The van der Waals surface area contributed by atoms with E-state index in [1.807, 2.05) is 0 Å². The number of aryl methyl sites for hydroxylation is 1. The fourth-order valence-corrected chi connectivity index (χ4v) is 4.34. The Morgan fingerprint density at radius 1 is 1.15 bits per heavy atom. The predicted octanol–water partition coefficient (Wildman–Crippen LogP) is 3.68. The molecule has 0 aliphatic heterocycles. The minimum Gasteiger partial charge on any atom is -0.345 e. The number of anilines is 1. The molecule has 2 aromatic rings. The molecule has 178 valence electrons. The van der Waals surface area contributed by atoms with Crippen molar-refractivity contribution < 1.29 is 18.9 Å². The van der Waals surface area contributed by atoms with Gasteiger partial charge in [-0.15, -0.1) is 0 Å². The van der Waals surface area contributed by atoms with Crippen molar-refractivity contribution in [3.05, 3.63) is 40.5 Å². The lowest BCUT2D eigenvalue weighted by Gasteiger charge is -2.30. The first-order valence-electron chi connectivity index (χ1n) is 11.1. The summed E-state index contributed by atoms with van der Waals surface area (Å²) in [5, 5.41) is 10.2. The van der Waals surface area contributed by atoms with Crippen LogP contribution in [0.15, 0.2) is 22.7 Å². The normalized spacial score (nSPS) is 15.4. The van der Waals surface area contributed by atoms with Gasteiger partial charge in [-0.1, -0.05) is 42.4 Å². The van der Waals surface area contributed by atoms with Gasteiger partial charge in [-0.3, -0.25) is 14.4 Å². The maximum Gasteiger partial charge on any atom is 0.254 e. The van der Waals surface area contributed by atoms with E-state index in [1.165, 1.54) is 11.8 Å². The molecule has 0 bridgehead atoms. The molecule has 3 rings (SSSR count). The molecular weight excluding hydrogens is 446 g/mol. The Kier molecular flexibility index (Phi) is 8.07. The van der Waals surface area contributed by atoms with E-state index in [2.05, 4.69) is 20.8 Å². The lowest BCUT2D eigenvalue weighted by molar-refractivity contribution is -0.121. The van der Waals surface area contributed by atoms with Crippen molar-refractivity contribution in [1.29, 1.82) is 0 Å². The van der Waals surface area contributed by atoms with Crippen molar-refractivity contribution in [2.75, 3.05) is 19.4 Å². The van der Waals surface area contributed by atoms with Crippen LogP contribution >= 0.6 is 11.6 Å². The minimum absolute atomic E-state index is 0.125. The zero-order chi connectivity index (χ0) is 24.0. The number of halogens is 1. The lowest BCUT2D eigenvalue weighted by Crippen LogP contribution is -2.45. The summed E-state index contributed by atoms with van der Waals surface area (Å²) in [7, 11) is 3.29. The van der Waals surface area contributed by atoms with Crippen LogP contribution in [0.3, 0.4) is 0 Å². The highest BCUT2D eigenvalue weighted by Gasteiger charge is 2.38. The number of hydrogen-bond acceptors (Lipinski definition) is 6. The van der Waals surface area contributed by atoms with Crippen LogP contribution in [-0.4, -0.2) is 46.9 Å². The van der Waals surface area contributed by atoms with Crippen LogP contribution in [0.5, 0.6) is 0 Å². The summed E-state index contributed by atoms with van der Waals surface area (Å²) in [6, 6.07) is 4.76. The number of hydrogen-bond donors (Lipinski definition) is 2. The molecule has 1 aromatic carbocycles. The first-order valence-corrected chi connectivity index (χ1v) is 11.5. The SMILES string of the molecule is CC(=O)NC1(c2noc(CCC(=O)Nc3ccc(C(=O)N(C)C)c(Cl)c3)n2)CCCCCC1. The number of amides is 3. The Hall–Kier alpha value is -2.94. The third-order valence-corrected chi connectivity index (χ3v) is 6.04. The second-order valence-electron chi connectivity index (χ2n) is 8.63. The van der Waals surface area contributed by atoms with Crippen LogP contribution in [0.1, 0.15) is 73.9 Å². The van der Waals surface area contributed by atoms with E-state index in [-0.39, 0.29) is 35.6 Å². The molecule has 1 aliphatic carbocycles. The van der Waals surface area contributed by atoms with Crippen LogP contribution in [0.4, 0.5) is 5.69 Å². The highest BCUT2D eigenvalue weighted by atomic mass is 35.5. The predicted molar refractivity (Wildman–Crippen MR) is 124 cm³/mol. The van der Waals surface area contributed by atoms with Gasteiger partial charge in [0.05, 0.1) is 10.6 Å². The fourth-order valence-electron chi connectivity index (χ4n) is 4.08. The van der Waals surface area contributed by atoms with Crippen molar-refractivity contribution in [3.63, 3.8) is 0 Å². The summed E-state index contributed by atoms with van der Waals surface area (Å²) in [5.41, 5.74) is 0.244. The van der Waals surface area contributed by atoms with Gasteiger partial charge < -0.3 is 20.1 Å². The molecule has 1 aromatic heterocycles. The highest BCUT2D eigenvalue weighted by molar-refractivity contribution is 6.34. The molecule has 1 aliphatic rings. The van der Waals surface area contributed by atoms with Crippen molar-refractivity contribution in [2.24, 2.45) is 0 Å². The summed E-state index contributed by atoms with van der Waals surface area (Å²) < 4.78 is 5.39. The number of aromatic nitrogens is 2. The summed E-state index contributed by atoms with van der Waals surface area (Å²) in [5.74, 6) is 0.237. The molecule has 0 saturated heterocycles. The molecule has 33 heavy (non-hydrogen) atoms. The number of carbonyl (C=O) groups is 3. The second kappa shape index (κ2) is 10.8. The maximum atomic E-state index is 12.4. The summed E-state index contributed by atoms with van der Waals surface area (Å²) in [6.45, 7) is 1.49. The molecule has 3 amide bonds. The number of carbonyl (C=O) groups excluding carboxylic acids is 3. The summed E-state index contributed by atoms with van der Waals surface area (Å²) >= 11 is 6.20. The Balaban J connectivity index is 1.61. The highest BCUT2D eigenvalue weighted by Crippen LogP contribution is 2.34. The number of benzene rings is 1. The zero-order valence-electron chi connectivity index (χ0n) is 19.2. The van der Waals surface area contributed by atoms with Gasteiger partial charge >= 0.3 is 0 Å². The third kappa shape index (κ3) is 6.31. The molecule has 0 radical (unpaired) electrons. The zero-order valence-corrected chi connectivity index (χ0v) is 20.0. The van der Waals surface area contributed by atoms with Crippen LogP contribution in [0.2, 0.25) is 5.02 Å². The van der Waals surface area contributed by atoms with Gasteiger partial charge in [0.2, 0.25) is 17.7 Å². The van der Waals surface area contributed by atoms with Crippen molar-refractivity contribution in [3.8, 4) is 0 Å². The molecule has 2 N–H and O–H groups in total. The Labute approximate surface area is 198 Å². The minimum atomic E-state index is -0.616. The van der Waals surface area contributed by atoms with E-state index in [0.717, 1.165) is 38.5 Å². The van der Waals surface area contributed by atoms with E-state index in [0.29, 0.717) is 23.0 Å². The number of nitrogens with zero attached hydrogens (tertiary/aromatic N) is 3. The first kappa shape index (κ1) is 24.7. The van der Waals surface area contributed by atoms with Gasteiger partial charge in [0.15, 0.2) is 5.82 Å². The lowest BCUT2D eigenvalue weighted by atomic mass is 9.89. The van der Waals surface area contributed by atoms with Crippen LogP contribution < -0.4 is 10.6 Å². The van der Waals surface area contributed by atoms with E-state index in [1.54, 1.807) is 32.3 Å². The molecule has 9 nitrogen and oxygen atoms in total. The van der Waals surface area contributed by atoms with Gasteiger partial charge in [-0.05, 0) is 31.0 Å². The van der Waals surface area contributed by atoms with Gasteiger partial charge in [-0.2, -0.15) is 4.98 Å². The van der Waals surface area contributed by atoms with Crippen LogP contribution in [0, 0.1) is 0 Å². The molecule has 0 atom stereocenters. The smallest absolute Gasteiger partial charge is 0.254 e. The fraction of sp³-hybridized carbons (Fsp3) is 0.522. The van der Waals surface area contributed by atoms with Gasteiger partial charge in [0, 0.05) is 39.5 Å². The average Bonchev–Trinajstić information content (AvgIpc) is 3.12. The summed E-state index contributed by atoms with van der Waals surface area (Å²) in [4.78, 5) is 42.3. The second-order valence-corrected chi connectivity index (χ2v) is 9.04. The van der Waals surface area contributed by atoms with Gasteiger partial charge in [0.25, 0.3) is 5.91 Å². The maximum absolute atomic E-state index is 12.4. The molecule has 0 unspecified atom stereocenters. The van der Waals surface area contributed by atoms with Crippen molar-refractivity contribution in [1.82, 2.24) is 20.4 Å². The van der Waals surface area contributed by atoms with E-state index in [4.69, 9.17) is 16.1 Å². The van der Waals surface area contributed by atoms with Crippen LogP contribution in [-0.2, 0) is 21.5 Å². The Morgan fingerprint density at radius 3 is 2.45 bits per heavy atom.